The van der Waals surface area contributed by atoms with E-state index in [4.69, 9.17) is 5.73 Å². The number of hydrogen-bond donors (Lipinski definition) is 2. The van der Waals surface area contributed by atoms with Crippen molar-refractivity contribution in [1.82, 2.24) is 10.3 Å². The second kappa shape index (κ2) is 8.37. The van der Waals surface area contributed by atoms with Gasteiger partial charge in [-0.15, -0.1) is 11.3 Å². The van der Waals surface area contributed by atoms with Crippen molar-refractivity contribution < 1.29 is 4.79 Å². The van der Waals surface area contributed by atoms with Gasteiger partial charge in [0.2, 0.25) is 0 Å². The van der Waals surface area contributed by atoms with Gasteiger partial charge >= 0.3 is 0 Å². The predicted molar refractivity (Wildman–Crippen MR) is 83.0 cm³/mol. The van der Waals surface area contributed by atoms with Crippen molar-refractivity contribution in [3.8, 4) is 0 Å². The highest BCUT2D eigenvalue weighted by Crippen LogP contribution is 2.26. The molecule has 3 N–H and O–H groups in total. The molecule has 0 spiro atoms. The van der Waals surface area contributed by atoms with Crippen molar-refractivity contribution in [3.63, 3.8) is 0 Å². The minimum Gasteiger partial charge on any atom is -0.351 e. The zero-order chi connectivity index (χ0) is 14.2. The maximum Gasteiger partial charge on any atom is 0.270 e. The average molecular weight is 295 g/mol. The van der Waals surface area contributed by atoms with E-state index in [2.05, 4.69) is 10.3 Å². The molecule has 1 saturated carbocycles. The SMILES string of the molecule is NCCc1nc(C(=O)NCCCC2CCCCC2)cs1. The second-order valence-corrected chi connectivity index (χ2v) is 6.51. The van der Waals surface area contributed by atoms with Gasteiger partial charge in [0, 0.05) is 18.3 Å². The Morgan fingerprint density at radius 3 is 2.95 bits per heavy atom. The number of carbonyl (C=O) groups is 1. The first-order chi connectivity index (χ1) is 9.79. The summed E-state index contributed by atoms with van der Waals surface area (Å²) >= 11 is 1.51. The largest absolute Gasteiger partial charge is 0.351 e. The van der Waals surface area contributed by atoms with E-state index in [-0.39, 0.29) is 5.91 Å². The number of nitrogens with one attached hydrogen (secondary N) is 1. The third-order valence-electron chi connectivity index (χ3n) is 3.94. The topological polar surface area (TPSA) is 68.0 Å². The van der Waals surface area contributed by atoms with Gasteiger partial charge in [-0.1, -0.05) is 32.1 Å². The van der Waals surface area contributed by atoms with Crippen LogP contribution in [0, 0.1) is 5.92 Å². The number of thiazole rings is 1. The summed E-state index contributed by atoms with van der Waals surface area (Å²) in [7, 11) is 0. The van der Waals surface area contributed by atoms with Gasteiger partial charge < -0.3 is 11.1 Å². The smallest absolute Gasteiger partial charge is 0.270 e. The normalized spacial score (nSPS) is 16.2. The third kappa shape index (κ3) is 4.87. The fourth-order valence-corrected chi connectivity index (χ4v) is 3.61. The Morgan fingerprint density at radius 2 is 2.20 bits per heavy atom. The molecule has 1 aromatic rings. The molecule has 1 aliphatic carbocycles. The van der Waals surface area contributed by atoms with Crippen molar-refractivity contribution in [1.29, 1.82) is 0 Å². The Balaban J connectivity index is 1.63. The fraction of sp³-hybridized carbons (Fsp3) is 0.733. The van der Waals surface area contributed by atoms with Gasteiger partial charge in [0.1, 0.15) is 5.69 Å². The third-order valence-corrected chi connectivity index (χ3v) is 4.85. The molecule has 0 aromatic carbocycles. The van der Waals surface area contributed by atoms with E-state index in [0.29, 0.717) is 12.2 Å². The minimum absolute atomic E-state index is 0.0480. The highest BCUT2D eigenvalue weighted by Gasteiger charge is 2.13. The summed E-state index contributed by atoms with van der Waals surface area (Å²) in [5.74, 6) is 0.837. The molecule has 2 rings (SSSR count). The summed E-state index contributed by atoms with van der Waals surface area (Å²) in [4.78, 5) is 16.2. The van der Waals surface area contributed by atoms with Crippen molar-refractivity contribution in [3.05, 3.63) is 16.1 Å². The van der Waals surface area contributed by atoms with E-state index in [9.17, 15) is 4.79 Å². The highest BCUT2D eigenvalue weighted by atomic mass is 32.1. The van der Waals surface area contributed by atoms with Gasteiger partial charge in [0.25, 0.3) is 5.91 Å². The summed E-state index contributed by atoms with van der Waals surface area (Å²) in [6, 6.07) is 0. The van der Waals surface area contributed by atoms with E-state index in [1.54, 1.807) is 0 Å². The first kappa shape index (κ1) is 15.4. The second-order valence-electron chi connectivity index (χ2n) is 5.57. The van der Waals surface area contributed by atoms with Crippen LogP contribution in [0.15, 0.2) is 5.38 Å². The Bertz CT molecular complexity index is 413. The maximum atomic E-state index is 11.9. The molecule has 5 heteroatoms. The van der Waals surface area contributed by atoms with Crippen LogP contribution in [0.3, 0.4) is 0 Å². The van der Waals surface area contributed by atoms with Crippen LogP contribution in [0.25, 0.3) is 0 Å². The molecule has 1 amide bonds. The zero-order valence-corrected chi connectivity index (χ0v) is 12.9. The first-order valence-electron chi connectivity index (χ1n) is 7.72. The molecule has 20 heavy (non-hydrogen) atoms. The van der Waals surface area contributed by atoms with Crippen molar-refractivity contribution >= 4 is 17.2 Å². The Kier molecular flexibility index (Phi) is 6.47. The number of nitrogens with two attached hydrogens (primary N) is 1. The van der Waals surface area contributed by atoms with Crippen LogP contribution >= 0.6 is 11.3 Å². The summed E-state index contributed by atoms with van der Waals surface area (Å²) in [5.41, 5.74) is 6.02. The molecule has 1 aromatic heterocycles. The lowest BCUT2D eigenvalue weighted by Gasteiger charge is -2.21. The first-order valence-corrected chi connectivity index (χ1v) is 8.60. The quantitative estimate of drug-likeness (QED) is 0.760. The van der Waals surface area contributed by atoms with Crippen molar-refractivity contribution in [2.45, 2.75) is 51.4 Å². The Morgan fingerprint density at radius 1 is 1.40 bits per heavy atom. The molecule has 1 aliphatic rings. The van der Waals surface area contributed by atoms with Gasteiger partial charge in [-0.05, 0) is 25.3 Å². The summed E-state index contributed by atoms with van der Waals surface area (Å²) in [5, 5.41) is 5.73. The lowest BCUT2D eigenvalue weighted by atomic mass is 9.86. The molecule has 1 heterocycles. The fourth-order valence-electron chi connectivity index (χ4n) is 2.81. The van der Waals surface area contributed by atoms with Crippen LogP contribution < -0.4 is 11.1 Å². The van der Waals surface area contributed by atoms with Crippen LogP contribution in [0.2, 0.25) is 0 Å². The monoisotopic (exact) mass is 295 g/mol. The number of carbonyl (C=O) groups excluding carboxylic acids is 1. The van der Waals surface area contributed by atoms with Gasteiger partial charge in [-0.3, -0.25) is 4.79 Å². The zero-order valence-electron chi connectivity index (χ0n) is 12.1. The van der Waals surface area contributed by atoms with Crippen LogP contribution in [0.5, 0.6) is 0 Å². The van der Waals surface area contributed by atoms with Gasteiger partial charge in [0.05, 0.1) is 5.01 Å². The molecule has 0 aliphatic heterocycles. The maximum absolute atomic E-state index is 11.9. The highest BCUT2D eigenvalue weighted by molar-refractivity contribution is 7.09. The van der Waals surface area contributed by atoms with E-state index in [0.717, 1.165) is 30.3 Å². The van der Waals surface area contributed by atoms with E-state index in [1.807, 2.05) is 5.38 Å². The number of hydrogen-bond acceptors (Lipinski definition) is 4. The van der Waals surface area contributed by atoms with Crippen LogP contribution in [-0.4, -0.2) is 24.0 Å². The predicted octanol–water partition coefficient (Wildman–Crippen LogP) is 2.73. The summed E-state index contributed by atoms with van der Waals surface area (Å²) < 4.78 is 0. The molecule has 0 radical (unpaired) electrons. The standard InChI is InChI=1S/C15H25N3OS/c16-9-8-14-18-13(11-20-14)15(19)17-10-4-7-12-5-2-1-3-6-12/h11-12H,1-10,16H2,(H,17,19). The van der Waals surface area contributed by atoms with Gasteiger partial charge in [-0.25, -0.2) is 4.98 Å². The average Bonchev–Trinajstić information content (AvgIpc) is 2.94. The molecule has 0 saturated heterocycles. The summed E-state index contributed by atoms with van der Waals surface area (Å²) in [6.07, 6.45) is 10.0. The lowest BCUT2D eigenvalue weighted by molar-refractivity contribution is 0.0947. The molecule has 0 bridgehead atoms. The van der Waals surface area contributed by atoms with E-state index in [1.165, 1.54) is 49.9 Å². The number of rotatable bonds is 7. The number of amides is 1. The molecular weight excluding hydrogens is 270 g/mol. The summed E-state index contributed by atoms with van der Waals surface area (Å²) in [6.45, 7) is 1.34. The number of aromatic nitrogens is 1. The van der Waals surface area contributed by atoms with Gasteiger partial charge in [0.15, 0.2) is 0 Å². The molecule has 1 fully saturated rings. The van der Waals surface area contributed by atoms with Gasteiger partial charge in [-0.2, -0.15) is 0 Å². The number of nitrogens with zero attached hydrogens (tertiary/aromatic N) is 1. The lowest BCUT2D eigenvalue weighted by Crippen LogP contribution is -2.25. The minimum atomic E-state index is -0.0480. The van der Waals surface area contributed by atoms with E-state index >= 15 is 0 Å². The molecular formula is C15H25N3OS. The molecule has 112 valence electrons. The molecule has 0 atom stereocenters. The molecule has 0 unspecified atom stereocenters. The van der Waals surface area contributed by atoms with Crippen molar-refractivity contribution in [2.24, 2.45) is 11.7 Å². The van der Waals surface area contributed by atoms with Crippen LogP contribution in [0.1, 0.15) is 60.4 Å². The molecule has 4 nitrogen and oxygen atoms in total. The van der Waals surface area contributed by atoms with Crippen molar-refractivity contribution in [2.75, 3.05) is 13.1 Å². The Hall–Kier alpha value is -0.940. The van der Waals surface area contributed by atoms with E-state index < -0.39 is 0 Å². The van der Waals surface area contributed by atoms with Crippen LogP contribution in [0.4, 0.5) is 0 Å². The Labute approximate surface area is 125 Å². The van der Waals surface area contributed by atoms with Crippen LogP contribution in [-0.2, 0) is 6.42 Å².